The van der Waals surface area contributed by atoms with Gasteiger partial charge in [0.2, 0.25) is 0 Å². The molecule has 3 nitrogen and oxygen atoms in total. The number of hydrogen-bond acceptors (Lipinski definition) is 2. The molecule has 0 heterocycles. The number of carbonyl (C=O) groups is 1. The van der Waals surface area contributed by atoms with Crippen LogP contribution in [0.1, 0.15) is 27.2 Å². The van der Waals surface area contributed by atoms with Crippen LogP contribution < -0.4 is 5.32 Å². The van der Waals surface area contributed by atoms with Crippen molar-refractivity contribution in [3.8, 4) is 0 Å². The van der Waals surface area contributed by atoms with Crippen LogP contribution in [-0.2, 0) is 4.74 Å². The van der Waals surface area contributed by atoms with Gasteiger partial charge in [-0.3, -0.25) is 0 Å². The molecule has 0 radical (unpaired) electrons. The molecule has 0 bridgehead atoms. The van der Waals surface area contributed by atoms with E-state index in [1.165, 1.54) is 0 Å². The maximum Gasteiger partial charge on any atom is 0.407 e. The summed E-state index contributed by atoms with van der Waals surface area (Å²) >= 11 is 0. The number of carbonyl (C=O) groups excluding carboxylic acids is 1. The van der Waals surface area contributed by atoms with Crippen molar-refractivity contribution in [3.05, 3.63) is 0 Å². The van der Waals surface area contributed by atoms with Crippen molar-refractivity contribution >= 4 is 6.09 Å². The molecule has 70 valence electrons. The van der Waals surface area contributed by atoms with Gasteiger partial charge in [-0.2, -0.15) is 0 Å². The molecule has 4 heteroatoms. The summed E-state index contributed by atoms with van der Waals surface area (Å²) in [7, 11) is 0. The lowest BCUT2D eigenvalue weighted by atomic mass is 10.2. The average Bonchev–Trinajstić information content (AvgIpc) is 2.40. The summed E-state index contributed by atoms with van der Waals surface area (Å²) in [6, 6.07) is -0.320. The molecule has 0 aliphatic heterocycles. The van der Waals surface area contributed by atoms with Crippen molar-refractivity contribution in [2.24, 2.45) is 0 Å². The molecule has 1 fully saturated rings. The zero-order chi connectivity index (χ0) is 9.35. The monoisotopic (exact) mass is 175 g/mol. The van der Waals surface area contributed by atoms with Crippen molar-refractivity contribution in [1.82, 2.24) is 5.32 Å². The second-order valence-corrected chi connectivity index (χ2v) is 4.00. The van der Waals surface area contributed by atoms with Gasteiger partial charge in [0.15, 0.2) is 0 Å². The highest BCUT2D eigenvalue weighted by Gasteiger charge is 2.39. The number of halogens is 1. The standard InChI is InChI=1S/C8H14FNO2/c1-8(2,3)12-7(11)10-6-4-5(6)9/h5-6H,4H2,1-3H3,(H,10,11)/t5-,6-/m0/s1. The molecule has 0 unspecified atom stereocenters. The molecule has 0 aromatic rings. The molecule has 0 spiro atoms. The van der Waals surface area contributed by atoms with Crippen molar-refractivity contribution < 1.29 is 13.9 Å². The molecule has 1 N–H and O–H groups in total. The third-order valence-electron chi connectivity index (χ3n) is 1.41. The second kappa shape index (κ2) is 2.92. The van der Waals surface area contributed by atoms with Gasteiger partial charge in [0, 0.05) is 6.42 Å². The summed E-state index contributed by atoms with van der Waals surface area (Å²) < 4.78 is 17.2. The lowest BCUT2D eigenvalue weighted by Crippen LogP contribution is -2.34. The Bertz CT molecular complexity index is 188. The Morgan fingerprint density at radius 1 is 1.58 bits per heavy atom. The van der Waals surface area contributed by atoms with Crippen LogP contribution in [-0.4, -0.2) is 23.9 Å². The van der Waals surface area contributed by atoms with Crippen molar-refractivity contribution in [1.29, 1.82) is 0 Å². The highest BCUT2D eigenvalue weighted by molar-refractivity contribution is 5.68. The van der Waals surface area contributed by atoms with Gasteiger partial charge in [-0.05, 0) is 20.8 Å². The first-order valence-electron chi connectivity index (χ1n) is 4.02. The van der Waals surface area contributed by atoms with Gasteiger partial charge in [-0.15, -0.1) is 0 Å². The number of amides is 1. The van der Waals surface area contributed by atoms with Crippen LogP contribution in [0.3, 0.4) is 0 Å². The number of alkyl carbamates (subject to hydrolysis) is 1. The average molecular weight is 175 g/mol. The predicted molar refractivity (Wildman–Crippen MR) is 42.7 cm³/mol. The van der Waals surface area contributed by atoms with Crippen LogP contribution in [0.4, 0.5) is 9.18 Å². The zero-order valence-electron chi connectivity index (χ0n) is 7.56. The second-order valence-electron chi connectivity index (χ2n) is 4.00. The third kappa shape index (κ3) is 3.07. The van der Waals surface area contributed by atoms with Crippen molar-refractivity contribution in [2.75, 3.05) is 0 Å². The fraction of sp³-hybridized carbons (Fsp3) is 0.875. The van der Waals surface area contributed by atoms with Gasteiger partial charge < -0.3 is 10.1 Å². The van der Waals surface area contributed by atoms with E-state index in [-0.39, 0.29) is 6.04 Å². The van der Waals surface area contributed by atoms with E-state index in [1.54, 1.807) is 20.8 Å². The lowest BCUT2D eigenvalue weighted by Gasteiger charge is -2.19. The number of ether oxygens (including phenoxy) is 1. The van der Waals surface area contributed by atoms with Crippen LogP contribution in [0.25, 0.3) is 0 Å². The Morgan fingerprint density at radius 3 is 2.42 bits per heavy atom. The first-order valence-corrected chi connectivity index (χ1v) is 4.02. The molecule has 0 aromatic carbocycles. The van der Waals surface area contributed by atoms with E-state index in [0.717, 1.165) is 0 Å². The number of alkyl halides is 1. The fourth-order valence-electron chi connectivity index (χ4n) is 0.772. The van der Waals surface area contributed by atoms with Gasteiger partial charge >= 0.3 is 6.09 Å². The van der Waals surface area contributed by atoms with E-state index in [1.807, 2.05) is 0 Å². The van der Waals surface area contributed by atoms with E-state index in [9.17, 15) is 9.18 Å². The molecule has 1 saturated carbocycles. The van der Waals surface area contributed by atoms with Gasteiger partial charge in [0.1, 0.15) is 11.8 Å². The van der Waals surface area contributed by atoms with E-state index in [4.69, 9.17) is 4.74 Å². The molecule has 2 atom stereocenters. The van der Waals surface area contributed by atoms with Crippen molar-refractivity contribution in [3.63, 3.8) is 0 Å². The predicted octanol–water partition coefficient (Wildman–Crippen LogP) is 1.62. The minimum atomic E-state index is -0.877. The van der Waals surface area contributed by atoms with Gasteiger partial charge in [0.25, 0.3) is 0 Å². The lowest BCUT2D eigenvalue weighted by molar-refractivity contribution is 0.0519. The SMILES string of the molecule is CC(C)(C)OC(=O)N[C@H]1C[C@@H]1F. The quantitative estimate of drug-likeness (QED) is 0.657. The normalized spacial score (nSPS) is 28.0. The number of nitrogens with one attached hydrogen (secondary N) is 1. The van der Waals surface area contributed by atoms with Gasteiger partial charge in [0.05, 0.1) is 6.04 Å². The Hall–Kier alpha value is -0.800. The minimum absolute atomic E-state index is 0.320. The molecule has 12 heavy (non-hydrogen) atoms. The van der Waals surface area contributed by atoms with Crippen LogP contribution >= 0.6 is 0 Å². The topological polar surface area (TPSA) is 38.3 Å². The first kappa shape index (κ1) is 9.29. The summed E-state index contributed by atoms with van der Waals surface area (Å²) in [6.45, 7) is 5.31. The summed E-state index contributed by atoms with van der Waals surface area (Å²) in [6.07, 6.45) is -0.996. The van der Waals surface area contributed by atoms with E-state index < -0.39 is 17.9 Å². The van der Waals surface area contributed by atoms with Crippen LogP contribution in [0.5, 0.6) is 0 Å². The summed E-state index contributed by atoms with van der Waals surface area (Å²) in [5.41, 5.74) is -0.509. The molecule has 1 aliphatic carbocycles. The largest absolute Gasteiger partial charge is 0.444 e. The summed E-state index contributed by atoms with van der Waals surface area (Å²) in [4.78, 5) is 11.0. The fourth-order valence-corrected chi connectivity index (χ4v) is 0.772. The number of rotatable bonds is 1. The smallest absolute Gasteiger partial charge is 0.407 e. The summed E-state index contributed by atoms with van der Waals surface area (Å²) in [5.74, 6) is 0. The summed E-state index contributed by atoms with van der Waals surface area (Å²) in [5, 5.41) is 2.42. The van der Waals surface area contributed by atoms with Crippen LogP contribution in [0.15, 0.2) is 0 Å². The molecule has 1 aliphatic rings. The van der Waals surface area contributed by atoms with Gasteiger partial charge in [-0.25, -0.2) is 9.18 Å². The highest BCUT2D eigenvalue weighted by atomic mass is 19.1. The molecule has 1 rings (SSSR count). The molecule has 0 saturated heterocycles. The molecule has 1 amide bonds. The van der Waals surface area contributed by atoms with Crippen LogP contribution in [0.2, 0.25) is 0 Å². The Balaban J connectivity index is 2.21. The van der Waals surface area contributed by atoms with E-state index in [2.05, 4.69) is 5.32 Å². The Morgan fingerprint density at radius 2 is 2.08 bits per heavy atom. The molecular weight excluding hydrogens is 161 g/mol. The van der Waals surface area contributed by atoms with Gasteiger partial charge in [-0.1, -0.05) is 0 Å². The molecular formula is C8H14FNO2. The zero-order valence-corrected chi connectivity index (χ0v) is 7.56. The first-order chi connectivity index (χ1) is 5.38. The maximum absolute atomic E-state index is 12.3. The van der Waals surface area contributed by atoms with Crippen molar-refractivity contribution in [2.45, 2.75) is 45.0 Å². The molecule has 0 aromatic heterocycles. The Labute approximate surface area is 71.3 Å². The highest BCUT2D eigenvalue weighted by Crippen LogP contribution is 2.25. The third-order valence-corrected chi connectivity index (χ3v) is 1.41. The Kier molecular flexibility index (Phi) is 2.26. The van der Waals surface area contributed by atoms with E-state index in [0.29, 0.717) is 6.42 Å². The van der Waals surface area contributed by atoms with Crippen LogP contribution in [0, 0.1) is 0 Å². The van der Waals surface area contributed by atoms with E-state index >= 15 is 0 Å². The number of hydrogen-bond donors (Lipinski definition) is 1. The minimum Gasteiger partial charge on any atom is -0.444 e. The maximum atomic E-state index is 12.3.